The number of hydrogen-bond donors (Lipinski definition) is 0. The zero-order valence-electron chi connectivity index (χ0n) is 14.1. The molecule has 26 heavy (non-hydrogen) atoms. The van der Waals surface area contributed by atoms with Crippen LogP contribution in [0.2, 0.25) is 0 Å². The van der Waals surface area contributed by atoms with Gasteiger partial charge in [0.25, 0.3) is 11.8 Å². The van der Waals surface area contributed by atoms with Gasteiger partial charge in [-0.05, 0) is 30.0 Å². The van der Waals surface area contributed by atoms with Gasteiger partial charge in [-0.25, -0.2) is 0 Å². The lowest BCUT2D eigenvalue weighted by molar-refractivity contribution is -0.131. The Morgan fingerprint density at radius 1 is 1.04 bits per heavy atom. The van der Waals surface area contributed by atoms with E-state index in [2.05, 4.69) is 17.5 Å². The number of carbonyl (C=O) groups excluding carboxylic acids is 3. The summed E-state index contributed by atoms with van der Waals surface area (Å²) in [5.41, 5.74) is 0.768. The highest BCUT2D eigenvalue weighted by Gasteiger charge is 2.37. The molecule has 1 unspecified atom stereocenters. The molecule has 1 aromatic carbocycles. The van der Waals surface area contributed by atoms with Crippen LogP contribution in [0.1, 0.15) is 37.3 Å². The van der Waals surface area contributed by atoms with Gasteiger partial charge >= 0.3 is 0 Å². The fraction of sp³-hybridized carbons (Fsp3) is 0.316. The van der Waals surface area contributed by atoms with Crippen LogP contribution in [0.4, 0.5) is 0 Å². The molecule has 134 valence electrons. The fourth-order valence-electron chi connectivity index (χ4n) is 3.34. The van der Waals surface area contributed by atoms with Gasteiger partial charge in [0, 0.05) is 29.0 Å². The summed E-state index contributed by atoms with van der Waals surface area (Å²) in [6, 6.07) is 10.9. The van der Waals surface area contributed by atoms with Crippen LogP contribution in [0.25, 0.3) is 0 Å². The second-order valence-corrected chi connectivity index (χ2v) is 8.58. The third kappa shape index (κ3) is 3.17. The first-order valence-electron chi connectivity index (χ1n) is 8.53. The largest absolute Gasteiger partial charge is 0.340 e. The standard InChI is InChI=1S/C19H18N2O3S2/c22-17(12-21-18(23)13-4-1-2-5-14(13)19(21)24)20-8-7-16(26-11-9-20)15-6-3-10-25-15/h1-6,10,16H,7-9,11-12H2. The van der Waals surface area contributed by atoms with E-state index in [0.717, 1.165) is 17.1 Å². The highest BCUT2D eigenvalue weighted by Crippen LogP contribution is 2.36. The third-order valence-corrected chi connectivity index (χ3v) is 7.17. The topological polar surface area (TPSA) is 57.7 Å². The van der Waals surface area contributed by atoms with E-state index in [1.54, 1.807) is 40.5 Å². The second kappa shape index (κ2) is 7.25. The van der Waals surface area contributed by atoms with Gasteiger partial charge in [0.15, 0.2) is 0 Å². The van der Waals surface area contributed by atoms with Crippen LogP contribution >= 0.6 is 23.1 Å². The molecule has 1 atom stereocenters. The molecule has 2 aromatic rings. The highest BCUT2D eigenvalue weighted by atomic mass is 32.2. The van der Waals surface area contributed by atoms with Gasteiger partial charge in [0.1, 0.15) is 6.54 Å². The number of imide groups is 1. The van der Waals surface area contributed by atoms with E-state index in [4.69, 9.17) is 0 Å². The van der Waals surface area contributed by atoms with Gasteiger partial charge in [-0.2, -0.15) is 11.8 Å². The predicted molar refractivity (Wildman–Crippen MR) is 103 cm³/mol. The molecule has 0 aliphatic carbocycles. The maximum absolute atomic E-state index is 12.7. The monoisotopic (exact) mass is 386 g/mol. The Hall–Kier alpha value is -2.12. The van der Waals surface area contributed by atoms with Crippen molar-refractivity contribution in [3.63, 3.8) is 0 Å². The number of fused-ring (bicyclic) bond motifs is 1. The van der Waals surface area contributed by atoms with Crippen molar-refractivity contribution in [3.8, 4) is 0 Å². The van der Waals surface area contributed by atoms with Crippen molar-refractivity contribution in [1.29, 1.82) is 0 Å². The van der Waals surface area contributed by atoms with E-state index in [0.29, 0.717) is 29.5 Å². The number of thiophene rings is 1. The normalized spacial score (nSPS) is 20.2. The van der Waals surface area contributed by atoms with Crippen LogP contribution in [0, 0.1) is 0 Å². The zero-order valence-corrected chi connectivity index (χ0v) is 15.7. The lowest BCUT2D eigenvalue weighted by atomic mass is 10.1. The summed E-state index contributed by atoms with van der Waals surface area (Å²) in [7, 11) is 0. The predicted octanol–water partition coefficient (Wildman–Crippen LogP) is 3.05. The Kier molecular flexibility index (Phi) is 4.82. The summed E-state index contributed by atoms with van der Waals surface area (Å²) in [5.74, 6) is -0.0534. The van der Waals surface area contributed by atoms with Crippen LogP contribution in [-0.4, -0.2) is 52.9 Å². The van der Waals surface area contributed by atoms with Crippen LogP contribution in [0.3, 0.4) is 0 Å². The van der Waals surface area contributed by atoms with E-state index < -0.39 is 0 Å². The number of thioether (sulfide) groups is 1. The Labute approximate surface area is 160 Å². The van der Waals surface area contributed by atoms with Crippen molar-refractivity contribution in [2.45, 2.75) is 11.7 Å². The first-order chi connectivity index (χ1) is 12.6. The van der Waals surface area contributed by atoms with Crippen molar-refractivity contribution in [2.24, 2.45) is 0 Å². The molecule has 1 aromatic heterocycles. The molecular weight excluding hydrogens is 368 g/mol. The van der Waals surface area contributed by atoms with E-state index in [1.807, 2.05) is 11.8 Å². The van der Waals surface area contributed by atoms with Crippen LogP contribution in [-0.2, 0) is 4.79 Å². The van der Waals surface area contributed by atoms with E-state index in [-0.39, 0.29) is 24.3 Å². The Morgan fingerprint density at radius 3 is 2.42 bits per heavy atom. The molecule has 0 N–H and O–H groups in total. The zero-order chi connectivity index (χ0) is 18.1. The SMILES string of the molecule is O=C(CN1C(=O)c2ccccc2C1=O)N1CCSC(c2cccs2)CC1. The van der Waals surface area contributed by atoms with Crippen molar-refractivity contribution < 1.29 is 14.4 Å². The van der Waals surface area contributed by atoms with Crippen molar-refractivity contribution in [2.75, 3.05) is 25.4 Å². The number of rotatable bonds is 3. The third-order valence-electron chi connectivity index (χ3n) is 4.73. The number of hydrogen-bond acceptors (Lipinski definition) is 5. The molecule has 2 aliphatic rings. The average molecular weight is 386 g/mol. The maximum Gasteiger partial charge on any atom is 0.262 e. The molecule has 2 aliphatic heterocycles. The molecule has 0 bridgehead atoms. The molecular formula is C19H18N2O3S2. The van der Waals surface area contributed by atoms with E-state index >= 15 is 0 Å². The van der Waals surface area contributed by atoms with Crippen molar-refractivity contribution >= 4 is 40.8 Å². The van der Waals surface area contributed by atoms with E-state index in [9.17, 15) is 14.4 Å². The van der Waals surface area contributed by atoms with Gasteiger partial charge in [-0.15, -0.1) is 11.3 Å². The second-order valence-electron chi connectivity index (χ2n) is 6.29. The van der Waals surface area contributed by atoms with Crippen LogP contribution in [0.5, 0.6) is 0 Å². The lowest BCUT2D eigenvalue weighted by Crippen LogP contribution is -2.43. The first-order valence-corrected chi connectivity index (χ1v) is 10.5. The minimum atomic E-state index is -0.375. The molecule has 3 heterocycles. The number of carbonyl (C=O) groups is 3. The summed E-state index contributed by atoms with van der Waals surface area (Å²) in [5, 5.41) is 2.48. The summed E-state index contributed by atoms with van der Waals surface area (Å²) < 4.78 is 0. The number of nitrogens with zero attached hydrogens (tertiary/aromatic N) is 2. The van der Waals surface area contributed by atoms with Crippen molar-refractivity contribution in [1.82, 2.24) is 9.80 Å². The minimum Gasteiger partial charge on any atom is -0.340 e. The molecule has 1 fully saturated rings. The molecule has 7 heteroatoms. The quantitative estimate of drug-likeness (QED) is 0.761. The summed E-state index contributed by atoms with van der Waals surface area (Å²) in [6.07, 6.45) is 0.888. The smallest absolute Gasteiger partial charge is 0.262 e. The number of benzene rings is 1. The van der Waals surface area contributed by atoms with Gasteiger partial charge in [-0.3, -0.25) is 19.3 Å². The van der Waals surface area contributed by atoms with Gasteiger partial charge in [-0.1, -0.05) is 18.2 Å². The Bertz CT molecular complexity index is 815. The molecule has 0 saturated carbocycles. The molecule has 4 rings (SSSR count). The fourth-order valence-corrected chi connectivity index (χ4v) is 5.58. The molecule has 0 spiro atoms. The van der Waals surface area contributed by atoms with E-state index in [1.165, 1.54) is 4.88 Å². The average Bonchev–Trinajstić information content (AvgIpc) is 3.18. The Morgan fingerprint density at radius 2 is 1.77 bits per heavy atom. The van der Waals surface area contributed by atoms with Crippen LogP contribution < -0.4 is 0 Å². The van der Waals surface area contributed by atoms with Gasteiger partial charge in [0.2, 0.25) is 5.91 Å². The lowest BCUT2D eigenvalue weighted by Gasteiger charge is -2.23. The van der Waals surface area contributed by atoms with Gasteiger partial charge < -0.3 is 4.90 Å². The van der Waals surface area contributed by atoms with Crippen molar-refractivity contribution in [3.05, 3.63) is 57.8 Å². The Balaban J connectivity index is 1.41. The van der Waals surface area contributed by atoms with Crippen LogP contribution in [0.15, 0.2) is 41.8 Å². The highest BCUT2D eigenvalue weighted by molar-refractivity contribution is 7.99. The van der Waals surface area contributed by atoms with Gasteiger partial charge in [0.05, 0.1) is 11.1 Å². The number of amides is 3. The molecule has 0 radical (unpaired) electrons. The maximum atomic E-state index is 12.7. The summed E-state index contributed by atoms with van der Waals surface area (Å²) in [6.45, 7) is 1.12. The molecule has 3 amide bonds. The first kappa shape index (κ1) is 17.3. The molecule has 5 nitrogen and oxygen atoms in total. The molecule has 1 saturated heterocycles. The summed E-state index contributed by atoms with van der Waals surface area (Å²) in [4.78, 5) is 41.8. The summed E-state index contributed by atoms with van der Waals surface area (Å²) >= 11 is 3.61. The minimum absolute atomic E-state index is 0.160.